The zero-order valence-corrected chi connectivity index (χ0v) is 8.68. The number of thiazole rings is 1. The molecule has 2 atom stereocenters. The molecule has 1 aliphatic rings. The first-order valence-electron chi connectivity index (χ1n) is 4.88. The lowest BCUT2D eigenvalue weighted by molar-refractivity contribution is 0.107. The molecule has 0 aromatic carbocycles. The normalized spacial score (nSPS) is 29.1. The second kappa shape index (κ2) is 3.76. The third kappa shape index (κ3) is 1.92. The van der Waals surface area contributed by atoms with E-state index in [0.717, 1.165) is 17.8 Å². The van der Waals surface area contributed by atoms with E-state index in [1.807, 2.05) is 13.1 Å². The summed E-state index contributed by atoms with van der Waals surface area (Å²) in [6.07, 6.45) is 6.31. The van der Waals surface area contributed by atoms with Gasteiger partial charge in [0.05, 0.1) is 11.1 Å². The number of aryl methyl sites for hydroxylation is 1. The van der Waals surface area contributed by atoms with Crippen LogP contribution >= 0.6 is 11.3 Å². The maximum absolute atomic E-state index is 9.81. The van der Waals surface area contributed by atoms with E-state index in [1.165, 1.54) is 17.7 Å². The van der Waals surface area contributed by atoms with Gasteiger partial charge in [-0.15, -0.1) is 11.3 Å². The van der Waals surface area contributed by atoms with Gasteiger partial charge in [-0.2, -0.15) is 0 Å². The van der Waals surface area contributed by atoms with Gasteiger partial charge in [0.15, 0.2) is 0 Å². The van der Waals surface area contributed by atoms with Crippen LogP contribution in [0.5, 0.6) is 0 Å². The second-order valence-electron chi connectivity index (χ2n) is 3.74. The highest BCUT2D eigenvalue weighted by molar-refractivity contribution is 7.11. The molecule has 0 unspecified atom stereocenters. The van der Waals surface area contributed by atoms with Crippen molar-refractivity contribution in [2.45, 2.75) is 44.6 Å². The molecular weight excluding hydrogens is 182 g/mol. The van der Waals surface area contributed by atoms with Gasteiger partial charge in [0.1, 0.15) is 0 Å². The molecule has 1 aromatic rings. The van der Waals surface area contributed by atoms with E-state index in [1.54, 1.807) is 11.3 Å². The number of hydrogen-bond donors (Lipinski definition) is 1. The molecule has 2 rings (SSSR count). The Kier molecular flexibility index (Phi) is 2.65. The van der Waals surface area contributed by atoms with Crippen LogP contribution in [0.3, 0.4) is 0 Å². The van der Waals surface area contributed by atoms with Crippen molar-refractivity contribution in [3.8, 4) is 0 Å². The monoisotopic (exact) mass is 197 g/mol. The number of aromatic nitrogens is 1. The van der Waals surface area contributed by atoms with Crippen molar-refractivity contribution >= 4 is 11.3 Å². The van der Waals surface area contributed by atoms with Gasteiger partial charge in [-0.1, -0.05) is 12.8 Å². The van der Waals surface area contributed by atoms with Crippen LogP contribution in [-0.4, -0.2) is 16.2 Å². The first kappa shape index (κ1) is 9.16. The summed E-state index contributed by atoms with van der Waals surface area (Å²) >= 11 is 1.73. The maximum Gasteiger partial charge on any atom is 0.0896 e. The zero-order valence-electron chi connectivity index (χ0n) is 7.86. The first-order chi connectivity index (χ1) is 6.27. The molecule has 0 spiro atoms. The molecule has 0 amide bonds. The van der Waals surface area contributed by atoms with E-state index in [9.17, 15) is 5.11 Å². The summed E-state index contributed by atoms with van der Waals surface area (Å²) < 4.78 is 0. The minimum Gasteiger partial charge on any atom is -0.392 e. The van der Waals surface area contributed by atoms with Crippen molar-refractivity contribution < 1.29 is 5.11 Å². The van der Waals surface area contributed by atoms with Crippen molar-refractivity contribution in [3.63, 3.8) is 0 Å². The average Bonchev–Trinajstić information content (AvgIpc) is 2.53. The highest BCUT2D eigenvalue weighted by Crippen LogP contribution is 2.35. The summed E-state index contributed by atoms with van der Waals surface area (Å²) in [4.78, 5) is 5.50. The van der Waals surface area contributed by atoms with Gasteiger partial charge < -0.3 is 5.11 Å². The SMILES string of the molecule is Cc1ncc([C@@H]2CCCC[C@H]2O)s1. The Morgan fingerprint density at radius 1 is 1.46 bits per heavy atom. The lowest BCUT2D eigenvalue weighted by Crippen LogP contribution is -2.21. The van der Waals surface area contributed by atoms with E-state index >= 15 is 0 Å². The summed E-state index contributed by atoms with van der Waals surface area (Å²) in [7, 11) is 0. The number of rotatable bonds is 1. The standard InChI is InChI=1S/C10H15NOS/c1-7-11-6-10(13-7)8-4-2-3-5-9(8)12/h6,8-9,12H,2-5H2,1H3/t8-,9-/m1/s1. The van der Waals surface area contributed by atoms with Gasteiger partial charge in [-0.05, 0) is 19.8 Å². The van der Waals surface area contributed by atoms with E-state index in [2.05, 4.69) is 4.98 Å². The van der Waals surface area contributed by atoms with Gasteiger partial charge in [0, 0.05) is 17.0 Å². The van der Waals surface area contributed by atoms with Crippen LogP contribution < -0.4 is 0 Å². The predicted molar refractivity (Wildman–Crippen MR) is 54.1 cm³/mol. The minimum absolute atomic E-state index is 0.131. The lowest BCUT2D eigenvalue weighted by Gasteiger charge is -2.26. The van der Waals surface area contributed by atoms with Crippen LogP contribution in [0, 0.1) is 6.92 Å². The summed E-state index contributed by atoms with van der Waals surface area (Å²) in [5.74, 6) is 0.361. The molecule has 13 heavy (non-hydrogen) atoms. The second-order valence-corrected chi connectivity index (χ2v) is 5.01. The topological polar surface area (TPSA) is 33.1 Å². The number of aliphatic hydroxyl groups excluding tert-OH is 1. The van der Waals surface area contributed by atoms with Crippen LogP contribution in [0.1, 0.15) is 41.5 Å². The van der Waals surface area contributed by atoms with Gasteiger partial charge in [0.25, 0.3) is 0 Å². The molecule has 0 saturated heterocycles. The molecule has 1 heterocycles. The Hall–Kier alpha value is -0.410. The summed E-state index contributed by atoms with van der Waals surface area (Å²) in [6.45, 7) is 2.02. The highest BCUT2D eigenvalue weighted by Gasteiger charge is 2.25. The zero-order chi connectivity index (χ0) is 9.26. The van der Waals surface area contributed by atoms with E-state index in [4.69, 9.17) is 0 Å². The third-order valence-corrected chi connectivity index (χ3v) is 3.78. The number of hydrogen-bond acceptors (Lipinski definition) is 3. The van der Waals surface area contributed by atoms with E-state index in [0.29, 0.717) is 5.92 Å². The van der Waals surface area contributed by atoms with Crippen molar-refractivity contribution in [1.82, 2.24) is 4.98 Å². The number of aliphatic hydroxyl groups is 1. The van der Waals surface area contributed by atoms with E-state index in [-0.39, 0.29) is 6.10 Å². The molecule has 0 radical (unpaired) electrons. The van der Waals surface area contributed by atoms with Crippen molar-refractivity contribution in [2.75, 3.05) is 0 Å². The Bertz CT molecular complexity index is 284. The fourth-order valence-electron chi connectivity index (χ4n) is 1.99. The van der Waals surface area contributed by atoms with Crippen LogP contribution in [0.15, 0.2) is 6.20 Å². The Morgan fingerprint density at radius 2 is 2.23 bits per heavy atom. The molecule has 0 aliphatic heterocycles. The van der Waals surface area contributed by atoms with Gasteiger partial charge in [-0.25, -0.2) is 4.98 Å². The van der Waals surface area contributed by atoms with E-state index < -0.39 is 0 Å². The van der Waals surface area contributed by atoms with Crippen LogP contribution in [-0.2, 0) is 0 Å². The molecule has 1 aromatic heterocycles. The van der Waals surface area contributed by atoms with Crippen molar-refractivity contribution in [1.29, 1.82) is 0 Å². The summed E-state index contributed by atoms with van der Waals surface area (Å²) in [6, 6.07) is 0. The highest BCUT2D eigenvalue weighted by atomic mass is 32.1. The Balaban J connectivity index is 2.14. The maximum atomic E-state index is 9.81. The largest absolute Gasteiger partial charge is 0.392 e. The fraction of sp³-hybridized carbons (Fsp3) is 0.700. The fourth-order valence-corrected chi connectivity index (χ4v) is 2.97. The summed E-state index contributed by atoms with van der Waals surface area (Å²) in [5.41, 5.74) is 0. The summed E-state index contributed by atoms with van der Waals surface area (Å²) in [5, 5.41) is 10.9. The predicted octanol–water partition coefficient (Wildman–Crippen LogP) is 2.47. The molecule has 1 aliphatic carbocycles. The van der Waals surface area contributed by atoms with Gasteiger partial charge in [0.2, 0.25) is 0 Å². The van der Waals surface area contributed by atoms with Crippen molar-refractivity contribution in [2.24, 2.45) is 0 Å². The molecular formula is C10H15NOS. The first-order valence-corrected chi connectivity index (χ1v) is 5.69. The Morgan fingerprint density at radius 3 is 2.85 bits per heavy atom. The molecule has 1 N–H and O–H groups in total. The minimum atomic E-state index is -0.131. The molecule has 1 fully saturated rings. The van der Waals surface area contributed by atoms with Crippen LogP contribution in [0.4, 0.5) is 0 Å². The lowest BCUT2D eigenvalue weighted by atomic mass is 9.86. The molecule has 1 saturated carbocycles. The van der Waals surface area contributed by atoms with Gasteiger partial charge in [-0.3, -0.25) is 0 Å². The van der Waals surface area contributed by atoms with Gasteiger partial charge >= 0.3 is 0 Å². The quantitative estimate of drug-likeness (QED) is 0.750. The van der Waals surface area contributed by atoms with Crippen molar-refractivity contribution in [3.05, 3.63) is 16.1 Å². The molecule has 72 valence electrons. The van der Waals surface area contributed by atoms with Crippen LogP contribution in [0.2, 0.25) is 0 Å². The molecule has 3 heteroatoms. The molecule has 2 nitrogen and oxygen atoms in total. The Labute approximate surface area is 82.6 Å². The average molecular weight is 197 g/mol. The van der Waals surface area contributed by atoms with Crippen LogP contribution in [0.25, 0.3) is 0 Å². The third-order valence-electron chi connectivity index (χ3n) is 2.73. The number of nitrogens with zero attached hydrogens (tertiary/aromatic N) is 1. The molecule has 0 bridgehead atoms. The smallest absolute Gasteiger partial charge is 0.0896 e.